The molecule has 0 unspecified atom stereocenters. The van der Waals surface area contributed by atoms with Crippen molar-refractivity contribution in [3.05, 3.63) is 23.2 Å². The first-order valence-electron chi connectivity index (χ1n) is 7.90. The van der Waals surface area contributed by atoms with E-state index in [9.17, 15) is 9.59 Å². The van der Waals surface area contributed by atoms with E-state index in [1.165, 1.54) is 16.2 Å². The number of methoxy groups -OCH3 is 2. The van der Waals surface area contributed by atoms with Crippen molar-refractivity contribution in [1.29, 1.82) is 0 Å². The van der Waals surface area contributed by atoms with Gasteiger partial charge in [0, 0.05) is 24.8 Å². The largest absolute Gasteiger partial charge is 0.493 e. The van der Waals surface area contributed by atoms with Crippen LogP contribution in [-0.4, -0.2) is 60.9 Å². The van der Waals surface area contributed by atoms with Gasteiger partial charge in [-0.05, 0) is 19.1 Å². The number of hydrogen-bond donors (Lipinski definition) is 1. The number of aromatic nitrogens is 2. The van der Waals surface area contributed by atoms with Crippen LogP contribution in [0.25, 0.3) is 0 Å². The van der Waals surface area contributed by atoms with Crippen LogP contribution in [0, 0.1) is 6.92 Å². The average molecular weight is 377 g/mol. The lowest BCUT2D eigenvalue weighted by Crippen LogP contribution is -2.37. The van der Waals surface area contributed by atoms with Crippen molar-refractivity contribution in [1.82, 2.24) is 15.1 Å². The number of nitrogens with zero attached hydrogens (tertiary/aromatic N) is 4. The molecule has 3 amide bonds. The third-order valence-electron chi connectivity index (χ3n) is 3.88. The smallest absolute Gasteiger partial charge is 0.325 e. The number of benzene rings is 1. The summed E-state index contributed by atoms with van der Waals surface area (Å²) in [6, 6.07) is 5.03. The van der Waals surface area contributed by atoms with Crippen molar-refractivity contribution in [3.63, 3.8) is 0 Å². The van der Waals surface area contributed by atoms with Gasteiger partial charge in [0.05, 0.1) is 14.2 Å². The van der Waals surface area contributed by atoms with E-state index in [4.69, 9.17) is 9.47 Å². The Morgan fingerprint density at radius 2 is 2.00 bits per heavy atom. The third kappa shape index (κ3) is 3.69. The van der Waals surface area contributed by atoms with Crippen LogP contribution in [0.5, 0.6) is 11.5 Å². The van der Waals surface area contributed by atoms with Crippen LogP contribution in [-0.2, 0) is 4.79 Å². The second-order valence-corrected chi connectivity index (χ2v) is 6.75. The van der Waals surface area contributed by atoms with Gasteiger partial charge in [0.1, 0.15) is 11.6 Å². The number of amides is 3. The van der Waals surface area contributed by atoms with E-state index in [0.717, 1.165) is 5.01 Å². The molecule has 3 rings (SSSR count). The standard InChI is InChI=1S/C16H19N5O4S/c1-10-18-19-15(26-10)17-14(22)9-20-6-7-21(16(20)23)11-4-5-12(24-2)13(8-11)25-3/h4-5,8H,6-7,9H2,1-3H3,(H,17,19,22). The zero-order valence-electron chi connectivity index (χ0n) is 14.7. The summed E-state index contributed by atoms with van der Waals surface area (Å²) in [6.45, 7) is 2.70. The highest BCUT2D eigenvalue weighted by atomic mass is 32.1. The van der Waals surface area contributed by atoms with Crippen LogP contribution in [0.3, 0.4) is 0 Å². The molecule has 0 bridgehead atoms. The minimum Gasteiger partial charge on any atom is -0.493 e. The zero-order valence-corrected chi connectivity index (χ0v) is 15.5. The summed E-state index contributed by atoms with van der Waals surface area (Å²) in [4.78, 5) is 27.8. The summed E-state index contributed by atoms with van der Waals surface area (Å²) in [5.41, 5.74) is 0.690. The molecule has 0 saturated carbocycles. The molecule has 1 aromatic heterocycles. The van der Waals surface area contributed by atoms with Crippen LogP contribution in [0.2, 0.25) is 0 Å². The molecule has 1 saturated heterocycles. The van der Waals surface area contributed by atoms with E-state index >= 15 is 0 Å². The molecular formula is C16H19N5O4S. The van der Waals surface area contributed by atoms with E-state index < -0.39 is 0 Å². The number of rotatable bonds is 6. The van der Waals surface area contributed by atoms with Crippen molar-refractivity contribution >= 4 is 34.1 Å². The molecule has 138 valence electrons. The van der Waals surface area contributed by atoms with Gasteiger partial charge < -0.3 is 14.4 Å². The van der Waals surface area contributed by atoms with Crippen LogP contribution in [0.4, 0.5) is 15.6 Å². The SMILES string of the molecule is COc1ccc(N2CCN(CC(=O)Nc3nnc(C)s3)C2=O)cc1OC. The highest BCUT2D eigenvalue weighted by Crippen LogP contribution is 2.32. The number of carbonyl (C=O) groups is 2. The predicted molar refractivity (Wildman–Crippen MR) is 97.1 cm³/mol. The molecule has 2 aromatic rings. The Hall–Kier alpha value is -2.88. The van der Waals surface area contributed by atoms with Crippen molar-refractivity contribution in [2.24, 2.45) is 0 Å². The number of nitrogens with one attached hydrogen (secondary N) is 1. The van der Waals surface area contributed by atoms with Crippen LogP contribution >= 0.6 is 11.3 Å². The summed E-state index contributed by atoms with van der Waals surface area (Å²) in [6.07, 6.45) is 0. The fourth-order valence-electron chi connectivity index (χ4n) is 2.64. The highest BCUT2D eigenvalue weighted by Gasteiger charge is 2.31. The minimum absolute atomic E-state index is 0.0404. The maximum atomic E-state index is 12.6. The lowest BCUT2D eigenvalue weighted by molar-refractivity contribution is -0.116. The number of urea groups is 1. The van der Waals surface area contributed by atoms with Crippen LogP contribution < -0.4 is 19.7 Å². The van der Waals surface area contributed by atoms with Crippen molar-refractivity contribution < 1.29 is 19.1 Å². The Morgan fingerprint density at radius 1 is 1.23 bits per heavy atom. The summed E-state index contributed by atoms with van der Waals surface area (Å²) >= 11 is 1.29. The average Bonchev–Trinajstić information content (AvgIpc) is 3.20. The first-order chi connectivity index (χ1) is 12.5. The lowest BCUT2D eigenvalue weighted by Gasteiger charge is -2.19. The topological polar surface area (TPSA) is 96.9 Å². The van der Waals surface area contributed by atoms with E-state index in [1.807, 2.05) is 0 Å². The second-order valence-electron chi connectivity index (χ2n) is 5.57. The molecule has 9 nitrogen and oxygen atoms in total. The predicted octanol–water partition coefficient (Wildman–Crippen LogP) is 1.74. The Labute approximate surface area is 154 Å². The number of ether oxygens (including phenoxy) is 2. The van der Waals surface area contributed by atoms with Crippen molar-refractivity contribution in [2.75, 3.05) is 44.1 Å². The molecule has 1 fully saturated rings. The summed E-state index contributed by atoms with van der Waals surface area (Å²) in [7, 11) is 3.09. The van der Waals surface area contributed by atoms with E-state index in [2.05, 4.69) is 15.5 Å². The van der Waals surface area contributed by atoms with Gasteiger partial charge in [-0.3, -0.25) is 15.0 Å². The lowest BCUT2D eigenvalue weighted by atomic mass is 10.2. The molecule has 0 aliphatic carbocycles. The second kappa shape index (κ2) is 7.56. The van der Waals surface area contributed by atoms with Crippen LogP contribution in [0.15, 0.2) is 18.2 Å². The molecule has 26 heavy (non-hydrogen) atoms. The van der Waals surface area contributed by atoms with Gasteiger partial charge in [-0.2, -0.15) is 0 Å². The molecule has 10 heteroatoms. The van der Waals surface area contributed by atoms with E-state index in [0.29, 0.717) is 35.4 Å². The van der Waals surface area contributed by atoms with E-state index in [-0.39, 0.29) is 18.5 Å². The van der Waals surface area contributed by atoms with Crippen molar-refractivity contribution in [2.45, 2.75) is 6.92 Å². The molecular weight excluding hydrogens is 358 g/mol. The van der Waals surface area contributed by atoms with Gasteiger partial charge >= 0.3 is 6.03 Å². The summed E-state index contributed by atoms with van der Waals surface area (Å²) < 4.78 is 10.5. The molecule has 0 atom stereocenters. The number of carbonyl (C=O) groups excluding carboxylic acids is 2. The monoisotopic (exact) mass is 377 g/mol. The minimum atomic E-state index is -0.302. The molecule has 2 heterocycles. The Morgan fingerprint density at radius 3 is 2.65 bits per heavy atom. The molecule has 1 aliphatic rings. The molecule has 0 radical (unpaired) electrons. The van der Waals surface area contributed by atoms with Gasteiger partial charge in [-0.1, -0.05) is 11.3 Å². The Kier molecular flexibility index (Phi) is 5.21. The normalized spacial score (nSPS) is 13.9. The summed E-state index contributed by atoms with van der Waals surface area (Å²) in [5.74, 6) is 0.829. The third-order valence-corrected chi connectivity index (χ3v) is 4.63. The Balaban J connectivity index is 1.65. The maximum absolute atomic E-state index is 12.6. The molecule has 1 aliphatic heterocycles. The van der Waals surface area contributed by atoms with Gasteiger partial charge in [-0.15, -0.1) is 10.2 Å². The van der Waals surface area contributed by atoms with Gasteiger partial charge in [0.15, 0.2) is 11.5 Å². The first-order valence-corrected chi connectivity index (χ1v) is 8.72. The Bertz CT molecular complexity index is 825. The van der Waals surface area contributed by atoms with Gasteiger partial charge in [0.2, 0.25) is 11.0 Å². The fourth-order valence-corrected chi connectivity index (χ4v) is 3.25. The van der Waals surface area contributed by atoms with Crippen LogP contribution in [0.1, 0.15) is 5.01 Å². The van der Waals surface area contributed by atoms with Crippen molar-refractivity contribution in [3.8, 4) is 11.5 Å². The maximum Gasteiger partial charge on any atom is 0.325 e. The molecule has 1 aromatic carbocycles. The quantitative estimate of drug-likeness (QED) is 0.824. The number of aryl methyl sites for hydroxylation is 1. The van der Waals surface area contributed by atoms with E-state index in [1.54, 1.807) is 44.2 Å². The van der Waals surface area contributed by atoms with Gasteiger partial charge in [-0.25, -0.2) is 4.79 Å². The fraction of sp³-hybridized carbons (Fsp3) is 0.375. The number of anilines is 2. The number of hydrogen-bond acceptors (Lipinski definition) is 7. The first kappa shape index (κ1) is 17.9. The zero-order chi connectivity index (χ0) is 18.7. The molecule has 1 N–H and O–H groups in total. The highest BCUT2D eigenvalue weighted by molar-refractivity contribution is 7.15. The van der Waals surface area contributed by atoms with Gasteiger partial charge in [0.25, 0.3) is 0 Å². The molecule has 0 spiro atoms. The summed E-state index contributed by atoms with van der Waals surface area (Å²) in [5, 5.41) is 11.5.